The van der Waals surface area contributed by atoms with E-state index in [4.69, 9.17) is 4.74 Å². The average molecular weight is 300 g/mol. The Labute approximate surface area is 129 Å². The highest BCUT2D eigenvalue weighted by Gasteiger charge is 2.34. The molecule has 2 heterocycles. The van der Waals surface area contributed by atoms with Gasteiger partial charge in [0, 0.05) is 36.7 Å². The molecule has 2 N–H and O–H groups in total. The summed E-state index contributed by atoms with van der Waals surface area (Å²) in [7, 11) is 1.58. The maximum absolute atomic E-state index is 9.60. The van der Waals surface area contributed by atoms with Crippen LogP contribution in [0.15, 0.2) is 36.8 Å². The Morgan fingerprint density at radius 2 is 2.05 bits per heavy atom. The maximum Gasteiger partial charge on any atom is 0.257 e. The number of aliphatic hydroxyl groups excluding tert-OH is 1. The van der Waals surface area contributed by atoms with E-state index < -0.39 is 0 Å². The van der Waals surface area contributed by atoms with E-state index in [1.807, 2.05) is 18.2 Å². The molecule has 1 aliphatic rings. The van der Waals surface area contributed by atoms with Crippen LogP contribution < -0.4 is 10.1 Å². The summed E-state index contributed by atoms with van der Waals surface area (Å²) in [4.78, 5) is 12.9. The molecule has 1 atom stereocenters. The molecule has 22 heavy (non-hydrogen) atoms. The third-order valence-electron chi connectivity index (χ3n) is 4.05. The predicted octanol–water partition coefficient (Wildman–Crippen LogP) is 1.67. The van der Waals surface area contributed by atoms with Crippen molar-refractivity contribution < 1.29 is 9.84 Å². The lowest BCUT2D eigenvalue weighted by molar-refractivity contribution is 0.0340. The number of aliphatic hydroxyl groups is 1. The number of hydrogen-bond acceptors (Lipinski definition) is 6. The number of nitrogens with zero attached hydrogens (tertiary/aromatic N) is 3. The summed E-state index contributed by atoms with van der Waals surface area (Å²) in [5, 5.41) is 13.0. The quantitative estimate of drug-likeness (QED) is 0.845. The van der Waals surface area contributed by atoms with Crippen molar-refractivity contribution >= 4 is 5.82 Å². The highest BCUT2D eigenvalue weighted by Crippen LogP contribution is 2.34. The number of pyridine rings is 1. The fraction of sp³-hybridized carbons (Fsp3) is 0.438. The Morgan fingerprint density at radius 3 is 2.73 bits per heavy atom. The van der Waals surface area contributed by atoms with Crippen LogP contribution in [-0.2, 0) is 6.42 Å². The Hall–Kier alpha value is -2.21. The van der Waals surface area contributed by atoms with E-state index in [1.54, 1.807) is 25.7 Å². The molecule has 0 radical (unpaired) electrons. The third kappa shape index (κ3) is 3.33. The van der Waals surface area contributed by atoms with Gasteiger partial charge in [-0.3, -0.25) is 4.98 Å². The SMILES string of the molecule is COc1nccnc1N[C@H](Cc1ccccn1)C1CC(O)C1. The van der Waals surface area contributed by atoms with Gasteiger partial charge in [-0.2, -0.15) is 0 Å². The molecule has 1 aliphatic carbocycles. The van der Waals surface area contributed by atoms with E-state index >= 15 is 0 Å². The molecule has 0 aliphatic heterocycles. The van der Waals surface area contributed by atoms with Crippen molar-refractivity contribution in [3.8, 4) is 5.88 Å². The smallest absolute Gasteiger partial charge is 0.257 e. The molecule has 0 saturated heterocycles. The van der Waals surface area contributed by atoms with Crippen molar-refractivity contribution in [2.75, 3.05) is 12.4 Å². The van der Waals surface area contributed by atoms with Crippen molar-refractivity contribution in [1.29, 1.82) is 0 Å². The standard InChI is InChI=1S/C16H20N4O2/c1-22-16-15(18-6-7-19-16)20-14(11-8-13(21)9-11)10-12-4-2-3-5-17-12/h2-7,11,13-14,21H,8-10H2,1H3,(H,18,20)/t11?,13?,14-/m1/s1. The van der Waals surface area contributed by atoms with Crippen LogP contribution in [0.3, 0.4) is 0 Å². The monoisotopic (exact) mass is 300 g/mol. The first-order chi connectivity index (χ1) is 10.8. The van der Waals surface area contributed by atoms with Gasteiger partial charge in [0.2, 0.25) is 0 Å². The Bertz CT molecular complexity index is 602. The average Bonchev–Trinajstić information content (AvgIpc) is 2.53. The number of nitrogens with one attached hydrogen (secondary N) is 1. The minimum absolute atomic E-state index is 0.143. The molecule has 0 amide bonds. The molecule has 6 heteroatoms. The Morgan fingerprint density at radius 1 is 1.23 bits per heavy atom. The Balaban J connectivity index is 1.76. The van der Waals surface area contributed by atoms with Crippen LogP contribution in [0.4, 0.5) is 5.82 Å². The highest BCUT2D eigenvalue weighted by molar-refractivity contribution is 5.46. The Kier molecular flexibility index (Phi) is 4.48. The molecular weight excluding hydrogens is 280 g/mol. The van der Waals surface area contributed by atoms with Gasteiger partial charge in [0.25, 0.3) is 5.88 Å². The fourth-order valence-corrected chi connectivity index (χ4v) is 2.79. The number of methoxy groups -OCH3 is 1. The summed E-state index contributed by atoms with van der Waals surface area (Å²) in [5.74, 6) is 1.50. The van der Waals surface area contributed by atoms with Gasteiger partial charge < -0.3 is 15.2 Å². The van der Waals surface area contributed by atoms with Crippen LogP contribution in [-0.4, -0.2) is 39.3 Å². The predicted molar refractivity (Wildman–Crippen MR) is 82.7 cm³/mol. The van der Waals surface area contributed by atoms with Gasteiger partial charge in [-0.05, 0) is 30.9 Å². The molecule has 3 rings (SSSR count). The normalized spacial score (nSPS) is 21.7. The molecule has 0 spiro atoms. The fourth-order valence-electron chi connectivity index (χ4n) is 2.79. The summed E-state index contributed by atoms with van der Waals surface area (Å²) in [5.41, 5.74) is 1.02. The van der Waals surface area contributed by atoms with Gasteiger partial charge in [0.1, 0.15) is 0 Å². The van der Waals surface area contributed by atoms with Crippen molar-refractivity contribution in [1.82, 2.24) is 15.0 Å². The second-order valence-corrected chi connectivity index (χ2v) is 5.58. The summed E-state index contributed by atoms with van der Waals surface area (Å²) in [6, 6.07) is 6.05. The van der Waals surface area contributed by atoms with E-state index in [0.29, 0.717) is 17.6 Å². The summed E-state index contributed by atoms with van der Waals surface area (Å²) in [6.45, 7) is 0. The summed E-state index contributed by atoms with van der Waals surface area (Å²) < 4.78 is 5.25. The zero-order valence-corrected chi connectivity index (χ0v) is 12.5. The lowest BCUT2D eigenvalue weighted by Gasteiger charge is -2.38. The van der Waals surface area contributed by atoms with Crippen LogP contribution in [0.25, 0.3) is 0 Å². The molecule has 0 aromatic carbocycles. The minimum Gasteiger partial charge on any atom is -0.478 e. The number of rotatable bonds is 6. The number of anilines is 1. The second-order valence-electron chi connectivity index (χ2n) is 5.58. The molecule has 0 bridgehead atoms. The highest BCUT2D eigenvalue weighted by atomic mass is 16.5. The molecule has 2 aromatic heterocycles. The van der Waals surface area contributed by atoms with Gasteiger partial charge in [-0.25, -0.2) is 9.97 Å². The molecule has 116 valence electrons. The lowest BCUT2D eigenvalue weighted by atomic mass is 9.76. The molecule has 2 aromatic rings. The topological polar surface area (TPSA) is 80.2 Å². The van der Waals surface area contributed by atoms with Gasteiger partial charge >= 0.3 is 0 Å². The van der Waals surface area contributed by atoms with E-state index in [0.717, 1.165) is 25.0 Å². The van der Waals surface area contributed by atoms with Crippen LogP contribution >= 0.6 is 0 Å². The summed E-state index contributed by atoms with van der Waals surface area (Å²) >= 11 is 0. The molecule has 0 unspecified atom stereocenters. The zero-order chi connectivity index (χ0) is 15.4. The van der Waals surface area contributed by atoms with Crippen LogP contribution in [0.5, 0.6) is 5.88 Å². The first-order valence-electron chi connectivity index (χ1n) is 7.45. The molecule has 1 saturated carbocycles. The van der Waals surface area contributed by atoms with Crippen molar-refractivity contribution in [3.05, 3.63) is 42.5 Å². The molecular formula is C16H20N4O2. The van der Waals surface area contributed by atoms with Gasteiger partial charge in [0.15, 0.2) is 5.82 Å². The van der Waals surface area contributed by atoms with E-state index in [-0.39, 0.29) is 12.1 Å². The first-order valence-corrected chi connectivity index (χ1v) is 7.45. The van der Waals surface area contributed by atoms with E-state index in [1.165, 1.54) is 0 Å². The second kappa shape index (κ2) is 6.70. The largest absolute Gasteiger partial charge is 0.478 e. The van der Waals surface area contributed by atoms with Crippen molar-refractivity contribution in [3.63, 3.8) is 0 Å². The minimum atomic E-state index is -0.193. The van der Waals surface area contributed by atoms with Gasteiger partial charge in [-0.15, -0.1) is 0 Å². The van der Waals surface area contributed by atoms with E-state index in [9.17, 15) is 5.11 Å². The van der Waals surface area contributed by atoms with Crippen LogP contribution in [0.1, 0.15) is 18.5 Å². The molecule has 6 nitrogen and oxygen atoms in total. The lowest BCUT2D eigenvalue weighted by Crippen LogP contribution is -2.42. The number of hydrogen-bond donors (Lipinski definition) is 2. The zero-order valence-electron chi connectivity index (χ0n) is 12.5. The number of ether oxygens (including phenoxy) is 1. The molecule has 1 fully saturated rings. The van der Waals surface area contributed by atoms with E-state index in [2.05, 4.69) is 20.3 Å². The first kappa shape index (κ1) is 14.7. The third-order valence-corrected chi connectivity index (χ3v) is 4.05. The van der Waals surface area contributed by atoms with Crippen LogP contribution in [0, 0.1) is 5.92 Å². The van der Waals surface area contributed by atoms with Crippen molar-refractivity contribution in [2.24, 2.45) is 5.92 Å². The van der Waals surface area contributed by atoms with Crippen molar-refractivity contribution in [2.45, 2.75) is 31.4 Å². The van der Waals surface area contributed by atoms with Gasteiger partial charge in [-0.1, -0.05) is 6.07 Å². The van der Waals surface area contributed by atoms with Gasteiger partial charge in [0.05, 0.1) is 13.2 Å². The van der Waals surface area contributed by atoms with Crippen LogP contribution in [0.2, 0.25) is 0 Å². The summed E-state index contributed by atoms with van der Waals surface area (Å²) in [6.07, 6.45) is 7.22. The number of aromatic nitrogens is 3. The maximum atomic E-state index is 9.60.